The Morgan fingerprint density at radius 3 is 3.09 bits per heavy atom. The van der Waals surface area contributed by atoms with Crippen LogP contribution in [0.1, 0.15) is 19.3 Å². The molecule has 0 unspecified atom stereocenters. The molecule has 2 nitrogen and oxygen atoms in total. The van der Waals surface area contributed by atoms with Crippen LogP contribution in [0.3, 0.4) is 0 Å². The highest BCUT2D eigenvalue weighted by atomic mass is 16.2. The molecule has 0 saturated heterocycles. The third-order valence-corrected chi connectivity index (χ3v) is 2.07. The molecule has 1 heterocycles. The summed E-state index contributed by atoms with van der Waals surface area (Å²) in [4.78, 5) is 2.33. The number of hydrogen-bond acceptors (Lipinski definition) is 2. The van der Waals surface area contributed by atoms with Crippen LogP contribution in [-0.4, -0.2) is 36.8 Å². The first kappa shape index (κ1) is 8.75. The summed E-state index contributed by atoms with van der Waals surface area (Å²) in [6.45, 7) is 2.60. The maximum absolute atomic E-state index is 8.62. The van der Waals surface area contributed by atoms with Gasteiger partial charge in [-0.2, -0.15) is 0 Å². The average molecular weight is 155 g/mol. The Balaban J connectivity index is 2.27. The zero-order valence-electron chi connectivity index (χ0n) is 7.21. The lowest BCUT2D eigenvalue weighted by Gasteiger charge is -2.22. The number of rotatable bonds is 3. The van der Waals surface area contributed by atoms with Gasteiger partial charge in [0, 0.05) is 19.7 Å². The van der Waals surface area contributed by atoms with E-state index in [-0.39, 0.29) is 0 Å². The summed E-state index contributed by atoms with van der Waals surface area (Å²) in [6.07, 6.45) is 5.48. The molecule has 64 valence electrons. The Hall–Kier alpha value is -0.340. The van der Waals surface area contributed by atoms with Crippen molar-refractivity contribution in [2.24, 2.45) is 0 Å². The van der Waals surface area contributed by atoms with Gasteiger partial charge >= 0.3 is 0 Å². The topological polar surface area (TPSA) is 23.5 Å². The van der Waals surface area contributed by atoms with E-state index in [0.717, 1.165) is 19.4 Å². The zero-order chi connectivity index (χ0) is 8.10. The lowest BCUT2D eigenvalue weighted by molar-refractivity contribution is 0.283. The van der Waals surface area contributed by atoms with Crippen LogP contribution in [0.25, 0.3) is 0 Å². The van der Waals surface area contributed by atoms with E-state index < -0.39 is 0 Å². The second kappa shape index (κ2) is 4.52. The van der Waals surface area contributed by atoms with E-state index in [1.165, 1.54) is 18.5 Å². The van der Waals surface area contributed by atoms with E-state index in [2.05, 4.69) is 18.0 Å². The van der Waals surface area contributed by atoms with E-state index in [1.807, 2.05) is 0 Å². The molecule has 0 aliphatic carbocycles. The first-order valence-corrected chi connectivity index (χ1v) is 4.30. The van der Waals surface area contributed by atoms with Crippen molar-refractivity contribution >= 4 is 0 Å². The summed E-state index contributed by atoms with van der Waals surface area (Å²) >= 11 is 0. The second-order valence-electron chi connectivity index (χ2n) is 3.22. The number of aliphatic hydroxyl groups excluding tert-OH is 1. The molecule has 1 aliphatic heterocycles. The Labute approximate surface area is 68.5 Å². The van der Waals surface area contributed by atoms with Crippen molar-refractivity contribution < 1.29 is 5.11 Å². The van der Waals surface area contributed by atoms with Crippen molar-refractivity contribution in [3.63, 3.8) is 0 Å². The van der Waals surface area contributed by atoms with Crippen molar-refractivity contribution in [3.05, 3.63) is 11.6 Å². The van der Waals surface area contributed by atoms with E-state index >= 15 is 0 Å². The van der Waals surface area contributed by atoms with E-state index in [4.69, 9.17) is 5.11 Å². The quantitative estimate of drug-likeness (QED) is 0.615. The lowest BCUT2D eigenvalue weighted by atomic mass is 10.1. The number of hydrogen-bond donors (Lipinski definition) is 1. The van der Waals surface area contributed by atoms with Crippen LogP contribution in [0.5, 0.6) is 0 Å². The molecule has 0 radical (unpaired) electrons. The summed E-state index contributed by atoms with van der Waals surface area (Å²) in [7, 11) is 2.14. The van der Waals surface area contributed by atoms with Gasteiger partial charge in [-0.3, -0.25) is 0 Å². The fourth-order valence-corrected chi connectivity index (χ4v) is 1.47. The van der Waals surface area contributed by atoms with Gasteiger partial charge in [-0.15, -0.1) is 0 Å². The highest BCUT2D eigenvalue weighted by molar-refractivity contribution is 5.07. The monoisotopic (exact) mass is 155 g/mol. The van der Waals surface area contributed by atoms with Crippen molar-refractivity contribution in [2.45, 2.75) is 19.3 Å². The summed E-state index contributed by atoms with van der Waals surface area (Å²) in [6, 6.07) is 0. The molecular formula is C9H17NO. The second-order valence-corrected chi connectivity index (χ2v) is 3.22. The molecule has 11 heavy (non-hydrogen) atoms. The SMILES string of the molecule is CN1CCC=C(CCCO)C1. The van der Waals surface area contributed by atoms with Crippen LogP contribution >= 0.6 is 0 Å². The van der Waals surface area contributed by atoms with Gasteiger partial charge in [0.25, 0.3) is 0 Å². The molecule has 0 aromatic carbocycles. The van der Waals surface area contributed by atoms with E-state index in [0.29, 0.717) is 6.61 Å². The maximum Gasteiger partial charge on any atom is 0.0434 e. The van der Waals surface area contributed by atoms with Gasteiger partial charge in [0.15, 0.2) is 0 Å². The summed E-state index contributed by atoms with van der Waals surface area (Å²) in [5, 5.41) is 8.62. The van der Waals surface area contributed by atoms with Crippen LogP contribution in [0.2, 0.25) is 0 Å². The molecule has 0 aromatic heterocycles. The zero-order valence-corrected chi connectivity index (χ0v) is 7.21. The largest absolute Gasteiger partial charge is 0.396 e. The maximum atomic E-state index is 8.62. The van der Waals surface area contributed by atoms with Crippen LogP contribution in [0.15, 0.2) is 11.6 Å². The Kier molecular flexibility index (Phi) is 3.60. The van der Waals surface area contributed by atoms with E-state index in [1.54, 1.807) is 0 Å². The van der Waals surface area contributed by atoms with Crippen LogP contribution in [0.4, 0.5) is 0 Å². The van der Waals surface area contributed by atoms with Crippen LogP contribution in [-0.2, 0) is 0 Å². The molecule has 0 atom stereocenters. The molecule has 1 N–H and O–H groups in total. The molecule has 0 amide bonds. The summed E-state index contributed by atoms with van der Waals surface area (Å²) in [5.41, 5.74) is 1.49. The average Bonchev–Trinajstić information content (AvgIpc) is 2.01. The molecule has 0 aromatic rings. The van der Waals surface area contributed by atoms with Gasteiger partial charge in [0.1, 0.15) is 0 Å². The number of nitrogens with zero attached hydrogens (tertiary/aromatic N) is 1. The smallest absolute Gasteiger partial charge is 0.0434 e. The molecule has 0 bridgehead atoms. The van der Waals surface area contributed by atoms with Gasteiger partial charge in [-0.1, -0.05) is 11.6 Å². The number of likely N-dealkylation sites (N-methyl/N-ethyl adjacent to an activating group) is 1. The highest BCUT2D eigenvalue weighted by Crippen LogP contribution is 2.12. The third kappa shape index (κ3) is 3.04. The molecule has 0 saturated carbocycles. The first-order valence-electron chi connectivity index (χ1n) is 4.30. The van der Waals surface area contributed by atoms with E-state index in [9.17, 15) is 0 Å². The van der Waals surface area contributed by atoms with Gasteiger partial charge in [0.2, 0.25) is 0 Å². The van der Waals surface area contributed by atoms with Crippen molar-refractivity contribution in [2.75, 3.05) is 26.7 Å². The Morgan fingerprint density at radius 1 is 1.64 bits per heavy atom. The highest BCUT2D eigenvalue weighted by Gasteiger charge is 2.06. The molecule has 2 heteroatoms. The minimum atomic E-state index is 0.320. The van der Waals surface area contributed by atoms with Crippen molar-refractivity contribution in [1.29, 1.82) is 0 Å². The van der Waals surface area contributed by atoms with Crippen molar-refractivity contribution in [3.8, 4) is 0 Å². The molecule has 1 rings (SSSR count). The molecule has 0 fully saturated rings. The molecule has 1 aliphatic rings. The van der Waals surface area contributed by atoms with Gasteiger partial charge in [-0.05, 0) is 26.3 Å². The van der Waals surface area contributed by atoms with Crippen molar-refractivity contribution in [1.82, 2.24) is 4.90 Å². The summed E-state index contributed by atoms with van der Waals surface area (Å²) in [5.74, 6) is 0. The third-order valence-electron chi connectivity index (χ3n) is 2.07. The van der Waals surface area contributed by atoms with Crippen LogP contribution in [0, 0.1) is 0 Å². The van der Waals surface area contributed by atoms with Gasteiger partial charge in [-0.25, -0.2) is 0 Å². The molecule has 0 spiro atoms. The van der Waals surface area contributed by atoms with Gasteiger partial charge in [0.05, 0.1) is 0 Å². The summed E-state index contributed by atoms with van der Waals surface area (Å²) < 4.78 is 0. The predicted molar refractivity (Wildman–Crippen MR) is 46.5 cm³/mol. The fraction of sp³-hybridized carbons (Fsp3) is 0.778. The van der Waals surface area contributed by atoms with Gasteiger partial charge < -0.3 is 10.0 Å². The normalized spacial score (nSPS) is 20.0. The minimum absolute atomic E-state index is 0.320. The lowest BCUT2D eigenvalue weighted by Crippen LogP contribution is -2.25. The Morgan fingerprint density at radius 2 is 2.45 bits per heavy atom. The first-order chi connectivity index (χ1) is 5.33. The standard InChI is InChI=1S/C9H17NO/c1-10-6-2-4-9(8-10)5-3-7-11/h4,11H,2-3,5-8H2,1H3. The minimum Gasteiger partial charge on any atom is -0.396 e. The predicted octanol–water partition coefficient (Wildman–Crippen LogP) is 1.02. The Bertz CT molecular complexity index is 142. The fourth-order valence-electron chi connectivity index (χ4n) is 1.47. The number of aliphatic hydroxyl groups is 1. The molecular weight excluding hydrogens is 138 g/mol. The van der Waals surface area contributed by atoms with Crippen LogP contribution < -0.4 is 0 Å².